The summed E-state index contributed by atoms with van der Waals surface area (Å²) in [6.07, 6.45) is -4.28. The smallest absolute Gasteiger partial charge is 0.395 e. The predicted molar refractivity (Wildman–Crippen MR) is 75.0 cm³/mol. The third kappa shape index (κ3) is 4.18. The van der Waals surface area contributed by atoms with Crippen LogP contribution in [0.3, 0.4) is 0 Å². The van der Waals surface area contributed by atoms with Crippen LogP contribution in [0, 0.1) is 0 Å². The molecule has 118 valence electrons. The maximum atomic E-state index is 12.6. The molecule has 0 spiro atoms. The van der Waals surface area contributed by atoms with Gasteiger partial charge in [0.2, 0.25) is 0 Å². The number of hydrogen-bond donors (Lipinski definition) is 1. The van der Waals surface area contributed by atoms with Crippen molar-refractivity contribution in [2.75, 3.05) is 39.3 Å². The van der Waals surface area contributed by atoms with Crippen LogP contribution in [0.25, 0.3) is 0 Å². The Morgan fingerprint density at radius 1 is 1.10 bits per heavy atom. The van der Waals surface area contributed by atoms with Crippen molar-refractivity contribution in [2.45, 2.75) is 19.1 Å². The number of aliphatic hydroxyl groups is 1. The van der Waals surface area contributed by atoms with Gasteiger partial charge < -0.3 is 5.11 Å². The molecule has 1 saturated heterocycles. The van der Waals surface area contributed by atoms with Crippen LogP contribution in [-0.4, -0.2) is 54.2 Å². The number of aliphatic hydroxyl groups excluding tert-OH is 1. The lowest BCUT2D eigenvalue weighted by Gasteiger charge is -2.38. The van der Waals surface area contributed by atoms with Crippen LogP contribution in [-0.2, 0) is 6.18 Å². The third-order valence-electron chi connectivity index (χ3n) is 4.09. The van der Waals surface area contributed by atoms with E-state index in [1.165, 1.54) is 0 Å². The molecule has 21 heavy (non-hydrogen) atoms. The molecule has 1 aromatic carbocycles. The SMILES string of the molecule is C[C@@H](c1ccc(C(F)(F)F)cc1)N1CCN(CCO)CC1. The van der Waals surface area contributed by atoms with E-state index >= 15 is 0 Å². The van der Waals surface area contributed by atoms with Gasteiger partial charge in [0.05, 0.1) is 12.2 Å². The molecule has 1 heterocycles. The van der Waals surface area contributed by atoms with E-state index in [1.807, 2.05) is 6.92 Å². The number of rotatable bonds is 4. The van der Waals surface area contributed by atoms with E-state index in [2.05, 4.69) is 9.80 Å². The summed E-state index contributed by atoms with van der Waals surface area (Å²) in [5.74, 6) is 0. The largest absolute Gasteiger partial charge is 0.416 e. The summed E-state index contributed by atoms with van der Waals surface area (Å²) in [7, 11) is 0. The first-order valence-electron chi connectivity index (χ1n) is 7.16. The number of alkyl halides is 3. The Bertz CT molecular complexity index is 439. The van der Waals surface area contributed by atoms with Gasteiger partial charge in [0.1, 0.15) is 0 Å². The monoisotopic (exact) mass is 302 g/mol. The zero-order valence-electron chi connectivity index (χ0n) is 12.1. The van der Waals surface area contributed by atoms with Crippen LogP contribution in [0.15, 0.2) is 24.3 Å². The van der Waals surface area contributed by atoms with E-state index in [1.54, 1.807) is 12.1 Å². The standard InChI is InChI=1S/C15H21F3N2O/c1-12(20-8-6-19(7-9-20)10-11-21)13-2-4-14(5-3-13)15(16,17)18/h2-5,12,21H,6-11H2,1H3/t12-/m0/s1. The molecule has 1 aliphatic rings. The fraction of sp³-hybridized carbons (Fsp3) is 0.600. The van der Waals surface area contributed by atoms with Crippen LogP contribution < -0.4 is 0 Å². The number of nitrogens with zero attached hydrogens (tertiary/aromatic N) is 2. The number of piperazine rings is 1. The first-order chi connectivity index (χ1) is 9.91. The molecule has 1 fully saturated rings. The summed E-state index contributed by atoms with van der Waals surface area (Å²) in [6.45, 7) is 6.35. The fourth-order valence-corrected chi connectivity index (χ4v) is 2.68. The molecular formula is C15H21F3N2O. The van der Waals surface area contributed by atoms with E-state index in [-0.39, 0.29) is 12.6 Å². The summed E-state index contributed by atoms with van der Waals surface area (Å²) < 4.78 is 37.7. The molecule has 0 radical (unpaired) electrons. The van der Waals surface area contributed by atoms with E-state index in [4.69, 9.17) is 5.11 Å². The summed E-state index contributed by atoms with van der Waals surface area (Å²) in [5, 5.41) is 8.92. The molecule has 1 atom stereocenters. The topological polar surface area (TPSA) is 26.7 Å². The average molecular weight is 302 g/mol. The zero-order valence-corrected chi connectivity index (χ0v) is 12.1. The highest BCUT2D eigenvalue weighted by Gasteiger charge is 2.30. The Labute approximate surface area is 123 Å². The molecule has 0 saturated carbocycles. The van der Waals surface area contributed by atoms with Gasteiger partial charge in [-0.25, -0.2) is 0 Å². The Hall–Kier alpha value is -1.11. The van der Waals surface area contributed by atoms with Gasteiger partial charge in [-0.05, 0) is 24.6 Å². The number of hydrogen-bond acceptors (Lipinski definition) is 3. The van der Waals surface area contributed by atoms with Crippen molar-refractivity contribution in [3.8, 4) is 0 Å². The predicted octanol–water partition coefficient (Wildman–Crippen LogP) is 2.38. The first kappa shape index (κ1) is 16.3. The Kier molecular flexibility index (Phi) is 5.24. The van der Waals surface area contributed by atoms with Crippen LogP contribution in [0.1, 0.15) is 24.1 Å². The molecule has 3 nitrogen and oxygen atoms in total. The summed E-state index contributed by atoms with van der Waals surface area (Å²) in [5.41, 5.74) is 0.296. The van der Waals surface area contributed by atoms with Crippen LogP contribution in [0.5, 0.6) is 0 Å². The van der Waals surface area contributed by atoms with E-state index in [0.717, 1.165) is 43.9 Å². The first-order valence-corrected chi connectivity index (χ1v) is 7.16. The molecule has 0 aromatic heterocycles. The van der Waals surface area contributed by atoms with Gasteiger partial charge in [-0.2, -0.15) is 13.2 Å². The van der Waals surface area contributed by atoms with Crippen molar-refractivity contribution < 1.29 is 18.3 Å². The second kappa shape index (κ2) is 6.77. The van der Waals surface area contributed by atoms with Gasteiger partial charge in [0.25, 0.3) is 0 Å². The van der Waals surface area contributed by atoms with Gasteiger partial charge in [-0.3, -0.25) is 9.80 Å². The summed E-state index contributed by atoms with van der Waals surface area (Å²) in [6, 6.07) is 5.52. The summed E-state index contributed by atoms with van der Waals surface area (Å²) in [4.78, 5) is 4.45. The van der Waals surface area contributed by atoms with E-state index in [0.29, 0.717) is 6.54 Å². The molecular weight excluding hydrogens is 281 g/mol. The fourth-order valence-electron chi connectivity index (χ4n) is 2.68. The Morgan fingerprint density at radius 3 is 2.14 bits per heavy atom. The maximum absolute atomic E-state index is 12.6. The molecule has 0 unspecified atom stereocenters. The Balaban J connectivity index is 1.96. The number of benzene rings is 1. The molecule has 1 N–H and O–H groups in total. The maximum Gasteiger partial charge on any atom is 0.416 e. The lowest BCUT2D eigenvalue weighted by Crippen LogP contribution is -2.47. The number of halogens is 3. The van der Waals surface area contributed by atoms with Gasteiger partial charge in [0, 0.05) is 38.8 Å². The van der Waals surface area contributed by atoms with Gasteiger partial charge in [0.15, 0.2) is 0 Å². The normalized spacial score (nSPS) is 19.7. The third-order valence-corrected chi connectivity index (χ3v) is 4.09. The number of β-amino-alcohol motifs (C(OH)–C–C–N with tert-alkyl or cyclic N) is 1. The lowest BCUT2D eigenvalue weighted by molar-refractivity contribution is -0.137. The molecule has 0 amide bonds. The van der Waals surface area contributed by atoms with Crippen molar-refractivity contribution >= 4 is 0 Å². The molecule has 2 rings (SSSR count). The second-order valence-corrected chi connectivity index (χ2v) is 5.40. The molecule has 6 heteroatoms. The highest BCUT2D eigenvalue weighted by atomic mass is 19.4. The van der Waals surface area contributed by atoms with Crippen molar-refractivity contribution in [1.82, 2.24) is 9.80 Å². The molecule has 1 aliphatic heterocycles. The second-order valence-electron chi connectivity index (χ2n) is 5.40. The highest BCUT2D eigenvalue weighted by molar-refractivity contribution is 5.26. The summed E-state index contributed by atoms with van der Waals surface area (Å²) >= 11 is 0. The van der Waals surface area contributed by atoms with Gasteiger partial charge >= 0.3 is 6.18 Å². The van der Waals surface area contributed by atoms with Crippen molar-refractivity contribution in [1.29, 1.82) is 0 Å². The molecule has 1 aromatic rings. The minimum absolute atomic E-state index is 0.101. The van der Waals surface area contributed by atoms with E-state index < -0.39 is 11.7 Å². The minimum Gasteiger partial charge on any atom is -0.395 e. The zero-order chi connectivity index (χ0) is 15.5. The van der Waals surface area contributed by atoms with Gasteiger partial charge in [-0.1, -0.05) is 12.1 Å². The highest BCUT2D eigenvalue weighted by Crippen LogP contribution is 2.30. The minimum atomic E-state index is -4.28. The van der Waals surface area contributed by atoms with Crippen LogP contribution in [0.2, 0.25) is 0 Å². The van der Waals surface area contributed by atoms with E-state index in [9.17, 15) is 13.2 Å². The van der Waals surface area contributed by atoms with Crippen LogP contribution >= 0.6 is 0 Å². The molecule has 0 aliphatic carbocycles. The van der Waals surface area contributed by atoms with Gasteiger partial charge in [-0.15, -0.1) is 0 Å². The van der Waals surface area contributed by atoms with Crippen LogP contribution in [0.4, 0.5) is 13.2 Å². The quantitative estimate of drug-likeness (QED) is 0.925. The van der Waals surface area contributed by atoms with Crippen molar-refractivity contribution in [2.24, 2.45) is 0 Å². The molecule has 0 bridgehead atoms. The Morgan fingerprint density at radius 2 is 1.67 bits per heavy atom. The average Bonchev–Trinajstić information content (AvgIpc) is 2.47. The van der Waals surface area contributed by atoms with Crippen molar-refractivity contribution in [3.05, 3.63) is 35.4 Å². The van der Waals surface area contributed by atoms with Crippen molar-refractivity contribution in [3.63, 3.8) is 0 Å². The lowest BCUT2D eigenvalue weighted by atomic mass is 10.0.